The summed E-state index contributed by atoms with van der Waals surface area (Å²) < 4.78 is 69.6. The van der Waals surface area contributed by atoms with E-state index in [4.69, 9.17) is 4.98 Å². The molecule has 0 atom stereocenters. The molecule has 39 heavy (non-hydrogen) atoms. The average molecular weight is 550 g/mol. The molecule has 7 nitrogen and oxygen atoms in total. The molecule has 6 rings (SSSR count). The summed E-state index contributed by atoms with van der Waals surface area (Å²) in [6, 6.07) is 16.8. The van der Waals surface area contributed by atoms with Gasteiger partial charge in [0.05, 0.1) is 28.2 Å². The summed E-state index contributed by atoms with van der Waals surface area (Å²) >= 11 is 0. The molecule has 0 N–H and O–H groups in total. The number of hydrogen-bond acceptors (Lipinski definition) is 5. The molecule has 0 bridgehead atoms. The van der Waals surface area contributed by atoms with Crippen molar-refractivity contribution in [3.05, 3.63) is 78.6 Å². The molecular weight excluding hydrogens is 527 g/mol. The Balaban J connectivity index is 1.56. The summed E-state index contributed by atoms with van der Waals surface area (Å²) in [7, 11) is -3.92. The molecule has 11 heteroatoms. The van der Waals surface area contributed by atoms with Crippen molar-refractivity contribution in [1.29, 1.82) is 5.26 Å². The Kier molecular flexibility index (Phi) is 5.95. The molecule has 1 aliphatic carbocycles. The first kappa shape index (κ1) is 25.1. The Hall–Kier alpha value is -4.17. The number of pyridine rings is 1. The molecule has 0 radical (unpaired) electrons. The molecule has 3 aromatic heterocycles. The maximum absolute atomic E-state index is 13.4. The first-order valence-electron chi connectivity index (χ1n) is 12.4. The second kappa shape index (κ2) is 9.24. The Morgan fingerprint density at radius 3 is 2.28 bits per heavy atom. The van der Waals surface area contributed by atoms with Crippen LogP contribution in [0.4, 0.5) is 13.2 Å². The fourth-order valence-electron chi connectivity index (χ4n) is 5.38. The first-order chi connectivity index (χ1) is 18.7. The lowest BCUT2D eigenvalue weighted by atomic mass is 9.86. The number of aromatic nitrogens is 4. The molecule has 2 aromatic carbocycles. The van der Waals surface area contributed by atoms with E-state index >= 15 is 0 Å². The quantitative estimate of drug-likeness (QED) is 0.253. The van der Waals surface area contributed by atoms with Gasteiger partial charge >= 0.3 is 6.18 Å². The summed E-state index contributed by atoms with van der Waals surface area (Å²) in [4.78, 5) is 9.33. The number of benzene rings is 2. The van der Waals surface area contributed by atoms with Crippen LogP contribution in [0.25, 0.3) is 33.5 Å². The normalized spacial score (nSPS) is 18.4. The number of nitriles is 1. The first-order valence-corrected chi connectivity index (χ1v) is 13.9. The summed E-state index contributed by atoms with van der Waals surface area (Å²) in [5, 5.41) is 9.96. The van der Waals surface area contributed by atoms with Gasteiger partial charge in [-0.15, -0.1) is 0 Å². The van der Waals surface area contributed by atoms with Gasteiger partial charge in [-0.3, -0.25) is 0 Å². The SMILES string of the molecule is N#CC1CCC(n2c(-c3ccc(C(F)(F)F)cc3)nc3cnc4c(ccn4S(=O)(=O)c4ccccc4)c32)CC1. The Bertz CT molecular complexity index is 1830. The summed E-state index contributed by atoms with van der Waals surface area (Å²) in [5.74, 6) is 0.427. The number of halogens is 3. The van der Waals surface area contributed by atoms with Crippen molar-refractivity contribution in [1.82, 2.24) is 18.5 Å². The monoisotopic (exact) mass is 549 g/mol. The van der Waals surface area contributed by atoms with Gasteiger partial charge in [-0.1, -0.05) is 30.3 Å². The van der Waals surface area contributed by atoms with Crippen LogP contribution < -0.4 is 0 Å². The van der Waals surface area contributed by atoms with Gasteiger partial charge in [0.2, 0.25) is 0 Å². The van der Waals surface area contributed by atoms with Crippen molar-refractivity contribution in [3.8, 4) is 17.5 Å². The van der Waals surface area contributed by atoms with Gasteiger partial charge in [-0.25, -0.2) is 22.4 Å². The smallest absolute Gasteiger partial charge is 0.320 e. The van der Waals surface area contributed by atoms with Crippen LogP contribution in [0.1, 0.15) is 37.3 Å². The molecule has 3 heterocycles. The van der Waals surface area contributed by atoms with Crippen LogP contribution in [0.3, 0.4) is 0 Å². The van der Waals surface area contributed by atoms with E-state index in [2.05, 4.69) is 11.1 Å². The molecular formula is C28H22F3N5O2S. The van der Waals surface area contributed by atoms with Crippen molar-refractivity contribution in [2.24, 2.45) is 5.92 Å². The zero-order chi connectivity index (χ0) is 27.4. The van der Waals surface area contributed by atoms with Gasteiger partial charge < -0.3 is 4.57 Å². The Morgan fingerprint density at radius 1 is 0.949 bits per heavy atom. The van der Waals surface area contributed by atoms with Gasteiger partial charge in [0.25, 0.3) is 10.0 Å². The average Bonchev–Trinajstić information content (AvgIpc) is 3.55. The third kappa shape index (κ3) is 4.25. The van der Waals surface area contributed by atoms with E-state index in [1.54, 1.807) is 24.3 Å². The maximum Gasteiger partial charge on any atom is 0.416 e. The number of fused-ring (bicyclic) bond motifs is 3. The summed E-state index contributed by atoms with van der Waals surface area (Å²) in [5.41, 5.74) is 1.16. The van der Waals surface area contributed by atoms with E-state index in [1.807, 2.05) is 4.57 Å². The van der Waals surface area contributed by atoms with Crippen LogP contribution in [0.5, 0.6) is 0 Å². The summed E-state index contributed by atoms with van der Waals surface area (Å²) in [6.45, 7) is 0. The van der Waals surface area contributed by atoms with Crippen molar-refractivity contribution >= 4 is 32.1 Å². The van der Waals surface area contributed by atoms with E-state index in [1.165, 1.54) is 36.7 Å². The minimum Gasteiger partial charge on any atom is -0.320 e. The highest BCUT2D eigenvalue weighted by Gasteiger charge is 2.32. The highest BCUT2D eigenvalue weighted by atomic mass is 32.2. The van der Waals surface area contributed by atoms with E-state index in [0.29, 0.717) is 53.5 Å². The standard InChI is InChI=1S/C28H22F3N5O2S/c29-28(30,31)20-10-8-19(9-11-20)26-34-24-17-33-27-23(25(24)36(26)21-12-6-18(16-32)7-13-21)14-15-35(27)39(37,38)22-4-2-1-3-5-22/h1-5,8-11,14-15,17-18,21H,6-7,12-13H2. The largest absolute Gasteiger partial charge is 0.416 e. The fourth-order valence-corrected chi connectivity index (χ4v) is 6.70. The lowest BCUT2D eigenvalue weighted by Gasteiger charge is -2.28. The Labute approximate surface area is 222 Å². The lowest BCUT2D eigenvalue weighted by molar-refractivity contribution is -0.137. The van der Waals surface area contributed by atoms with Gasteiger partial charge in [0, 0.05) is 29.1 Å². The van der Waals surface area contributed by atoms with Crippen LogP contribution in [-0.2, 0) is 16.2 Å². The van der Waals surface area contributed by atoms with Crippen molar-refractivity contribution < 1.29 is 21.6 Å². The van der Waals surface area contributed by atoms with Crippen LogP contribution in [0.2, 0.25) is 0 Å². The topological polar surface area (TPSA) is 93.6 Å². The number of nitrogens with zero attached hydrogens (tertiary/aromatic N) is 5. The third-order valence-electron chi connectivity index (χ3n) is 7.34. The molecule has 1 fully saturated rings. The highest BCUT2D eigenvalue weighted by Crippen LogP contribution is 2.40. The molecule has 0 unspecified atom stereocenters. The molecule has 1 aliphatic rings. The molecule has 5 aromatic rings. The number of rotatable bonds is 4. The number of imidazole rings is 1. The molecule has 198 valence electrons. The number of alkyl halides is 3. The zero-order valence-electron chi connectivity index (χ0n) is 20.5. The van der Waals surface area contributed by atoms with E-state index in [9.17, 15) is 26.9 Å². The van der Waals surface area contributed by atoms with Crippen molar-refractivity contribution in [2.75, 3.05) is 0 Å². The summed E-state index contributed by atoms with van der Waals surface area (Å²) in [6.07, 6.45) is 1.24. The van der Waals surface area contributed by atoms with E-state index in [-0.39, 0.29) is 22.5 Å². The molecule has 0 amide bonds. The van der Waals surface area contributed by atoms with Gasteiger partial charge in [-0.2, -0.15) is 18.4 Å². The van der Waals surface area contributed by atoms with Crippen LogP contribution in [-0.4, -0.2) is 26.9 Å². The van der Waals surface area contributed by atoms with Crippen LogP contribution >= 0.6 is 0 Å². The van der Waals surface area contributed by atoms with Gasteiger partial charge in [-0.05, 0) is 56.0 Å². The molecule has 0 saturated heterocycles. The predicted octanol–water partition coefficient (Wildman–Crippen LogP) is 6.56. The van der Waals surface area contributed by atoms with Crippen LogP contribution in [0, 0.1) is 17.2 Å². The zero-order valence-corrected chi connectivity index (χ0v) is 21.3. The van der Waals surface area contributed by atoms with E-state index < -0.39 is 21.8 Å². The maximum atomic E-state index is 13.4. The second-order valence-corrected chi connectivity index (χ2v) is 11.5. The van der Waals surface area contributed by atoms with Crippen molar-refractivity contribution in [3.63, 3.8) is 0 Å². The molecule has 1 saturated carbocycles. The minimum absolute atomic E-state index is 0.0515. The van der Waals surface area contributed by atoms with Gasteiger partial charge in [0.1, 0.15) is 11.3 Å². The van der Waals surface area contributed by atoms with Gasteiger partial charge in [0.15, 0.2) is 5.65 Å². The minimum atomic E-state index is -4.46. The second-order valence-electron chi connectivity index (χ2n) is 9.67. The van der Waals surface area contributed by atoms with Crippen LogP contribution in [0.15, 0.2) is 78.0 Å². The fraction of sp³-hybridized carbons (Fsp3) is 0.250. The van der Waals surface area contributed by atoms with Crippen molar-refractivity contribution in [2.45, 2.75) is 42.8 Å². The predicted molar refractivity (Wildman–Crippen MR) is 139 cm³/mol. The molecule has 0 aliphatic heterocycles. The highest BCUT2D eigenvalue weighted by molar-refractivity contribution is 7.90. The third-order valence-corrected chi connectivity index (χ3v) is 9.02. The number of hydrogen-bond donors (Lipinski definition) is 0. The van der Waals surface area contributed by atoms with E-state index in [0.717, 1.165) is 16.1 Å². The molecule has 0 spiro atoms. The Morgan fingerprint density at radius 2 is 1.64 bits per heavy atom. The lowest BCUT2D eigenvalue weighted by Crippen LogP contribution is -2.18.